The van der Waals surface area contributed by atoms with Crippen molar-refractivity contribution in [3.05, 3.63) is 22.2 Å². The van der Waals surface area contributed by atoms with Crippen molar-refractivity contribution in [1.82, 2.24) is 0 Å². The zero-order chi connectivity index (χ0) is 12.3. The maximum absolute atomic E-state index is 11.6. The molecule has 6 heteroatoms. The van der Waals surface area contributed by atoms with E-state index >= 15 is 0 Å². The molecular weight excluding hydrogens is 312 g/mol. The van der Waals surface area contributed by atoms with Crippen LogP contribution in [0.5, 0.6) is 0 Å². The van der Waals surface area contributed by atoms with Gasteiger partial charge in [0.15, 0.2) is 9.84 Å². The minimum Gasteiger partial charge on any atom is -0.396 e. The van der Waals surface area contributed by atoms with E-state index in [1.54, 1.807) is 6.07 Å². The summed E-state index contributed by atoms with van der Waals surface area (Å²) in [6, 6.07) is 3.47. The third kappa shape index (κ3) is 3.23. The van der Waals surface area contributed by atoms with E-state index in [2.05, 4.69) is 15.9 Å². The maximum atomic E-state index is 11.6. The van der Waals surface area contributed by atoms with Crippen LogP contribution in [0.1, 0.15) is 5.56 Å². The van der Waals surface area contributed by atoms with Crippen molar-refractivity contribution in [2.75, 3.05) is 19.1 Å². The van der Waals surface area contributed by atoms with E-state index in [9.17, 15) is 8.42 Å². The SMILES string of the molecule is CSc1c(Br)cc(CCO)cc1S(C)(=O)=O. The number of benzene rings is 1. The van der Waals surface area contributed by atoms with E-state index in [1.807, 2.05) is 12.3 Å². The minimum atomic E-state index is -3.24. The highest BCUT2D eigenvalue weighted by Crippen LogP contribution is 2.33. The first kappa shape index (κ1) is 14.0. The van der Waals surface area contributed by atoms with Crippen molar-refractivity contribution in [3.63, 3.8) is 0 Å². The lowest BCUT2D eigenvalue weighted by Gasteiger charge is -2.10. The molecule has 1 aromatic rings. The molecule has 0 bridgehead atoms. The van der Waals surface area contributed by atoms with E-state index in [1.165, 1.54) is 18.0 Å². The Bertz CT molecular complexity index is 483. The summed E-state index contributed by atoms with van der Waals surface area (Å²) in [5.74, 6) is 0. The normalized spacial score (nSPS) is 11.8. The summed E-state index contributed by atoms with van der Waals surface area (Å²) in [5.41, 5.74) is 0.813. The summed E-state index contributed by atoms with van der Waals surface area (Å²) < 4.78 is 24.0. The molecule has 0 spiro atoms. The number of aliphatic hydroxyl groups is 1. The van der Waals surface area contributed by atoms with Gasteiger partial charge in [0.2, 0.25) is 0 Å². The molecule has 0 aliphatic heterocycles. The quantitative estimate of drug-likeness (QED) is 0.862. The van der Waals surface area contributed by atoms with Crippen molar-refractivity contribution < 1.29 is 13.5 Å². The molecule has 3 nitrogen and oxygen atoms in total. The van der Waals surface area contributed by atoms with E-state index in [0.717, 1.165) is 10.0 Å². The Labute approximate surface area is 108 Å². The van der Waals surface area contributed by atoms with Gasteiger partial charge < -0.3 is 5.11 Å². The first-order valence-electron chi connectivity index (χ1n) is 4.57. The summed E-state index contributed by atoms with van der Waals surface area (Å²) >= 11 is 4.74. The molecule has 1 rings (SSSR count). The van der Waals surface area contributed by atoms with Gasteiger partial charge in [-0.2, -0.15) is 0 Å². The monoisotopic (exact) mass is 324 g/mol. The number of rotatable bonds is 4. The maximum Gasteiger partial charge on any atom is 0.176 e. The number of sulfone groups is 1. The highest BCUT2D eigenvalue weighted by Gasteiger charge is 2.16. The zero-order valence-corrected chi connectivity index (χ0v) is 12.2. The lowest BCUT2D eigenvalue weighted by Crippen LogP contribution is -2.02. The van der Waals surface area contributed by atoms with Crippen LogP contribution in [0.3, 0.4) is 0 Å². The highest BCUT2D eigenvalue weighted by atomic mass is 79.9. The standard InChI is InChI=1S/C10H13BrO3S2/c1-15-10-8(11)5-7(3-4-12)6-9(10)16(2,13)14/h5-6,12H,3-4H2,1-2H3. The molecule has 0 unspecified atom stereocenters. The Kier molecular flexibility index (Phi) is 4.85. The van der Waals surface area contributed by atoms with Crippen LogP contribution in [0.4, 0.5) is 0 Å². The van der Waals surface area contributed by atoms with Crippen molar-refractivity contribution >= 4 is 37.5 Å². The second kappa shape index (κ2) is 5.53. The number of halogens is 1. The molecule has 0 saturated carbocycles. The van der Waals surface area contributed by atoms with Gasteiger partial charge in [0.05, 0.1) is 4.90 Å². The second-order valence-corrected chi connectivity index (χ2v) is 7.01. The van der Waals surface area contributed by atoms with Crippen LogP contribution in [0.25, 0.3) is 0 Å². The Morgan fingerprint density at radius 1 is 1.44 bits per heavy atom. The summed E-state index contributed by atoms with van der Waals surface area (Å²) in [6.07, 6.45) is 3.48. The molecule has 0 aliphatic carbocycles. The molecule has 0 saturated heterocycles. The van der Waals surface area contributed by atoms with Crippen LogP contribution in [-0.2, 0) is 16.3 Å². The molecule has 0 amide bonds. The highest BCUT2D eigenvalue weighted by molar-refractivity contribution is 9.10. The van der Waals surface area contributed by atoms with Crippen molar-refractivity contribution in [2.24, 2.45) is 0 Å². The Hall–Kier alpha value is -0.0400. The molecule has 90 valence electrons. The van der Waals surface area contributed by atoms with Gasteiger partial charge in [-0.05, 0) is 46.3 Å². The largest absolute Gasteiger partial charge is 0.396 e. The fourth-order valence-corrected chi connectivity index (χ4v) is 4.52. The lowest BCUT2D eigenvalue weighted by atomic mass is 10.2. The van der Waals surface area contributed by atoms with Gasteiger partial charge in [0, 0.05) is 22.2 Å². The summed E-state index contributed by atoms with van der Waals surface area (Å²) in [6.45, 7) is 0.00819. The number of aliphatic hydroxyl groups excluding tert-OH is 1. The predicted molar refractivity (Wildman–Crippen MR) is 69.8 cm³/mol. The average Bonchev–Trinajstić information content (AvgIpc) is 2.16. The third-order valence-corrected chi connectivity index (χ3v) is 5.06. The Morgan fingerprint density at radius 2 is 2.06 bits per heavy atom. The molecule has 0 heterocycles. The number of hydrogen-bond donors (Lipinski definition) is 1. The average molecular weight is 325 g/mol. The molecule has 16 heavy (non-hydrogen) atoms. The van der Waals surface area contributed by atoms with E-state index in [-0.39, 0.29) is 6.61 Å². The molecule has 1 aromatic carbocycles. The summed E-state index contributed by atoms with van der Waals surface area (Å²) in [5, 5.41) is 8.86. The molecule has 0 atom stereocenters. The number of thioether (sulfide) groups is 1. The first-order chi connectivity index (χ1) is 7.40. The lowest BCUT2D eigenvalue weighted by molar-refractivity contribution is 0.299. The molecule has 0 aromatic heterocycles. The predicted octanol–water partition coefficient (Wildman–Crippen LogP) is 2.11. The molecule has 0 radical (unpaired) electrons. The van der Waals surface area contributed by atoms with Gasteiger partial charge in [0.1, 0.15) is 0 Å². The van der Waals surface area contributed by atoms with E-state index < -0.39 is 9.84 Å². The van der Waals surface area contributed by atoms with E-state index in [4.69, 9.17) is 5.11 Å². The Balaban J connectivity index is 3.43. The molecule has 1 N–H and O–H groups in total. The fraction of sp³-hybridized carbons (Fsp3) is 0.400. The van der Waals surface area contributed by atoms with Crippen LogP contribution >= 0.6 is 27.7 Å². The fourth-order valence-electron chi connectivity index (χ4n) is 1.37. The summed E-state index contributed by atoms with van der Waals surface area (Å²) in [7, 11) is -3.24. The number of hydrogen-bond acceptors (Lipinski definition) is 4. The van der Waals surface area contributed by atoms with Crippen LogP contribution in [0.2, 0.25) is 0 Å². The second-order valence-electron chi connectivity index (χ2n) is 3.35. The Morgan fingerprint density at radius 3 is 2.50 bits per heavy atom. The van der Waals surface area contributed by atoms with Crippen LogP contribution in [0, 0.1) is 0 Å². The van der Waals surface area contributed by atoms with Gasteiger partial charge in [-0.25, -0.2) is 8.42 Å². The van der Waals surface area contributed by atoms with Crippen molar-refractivity contribution in [2.45, 2.75) is 16.2 Å². The van der Waals surface area contributed by atoms with Gasteiger partial charge in [-0.3, -0.25) is 0 Å². The smallest absolute Gasteiger partial charge is 0.176 e. The van der Waals surface area contributed by atoms with Crippen molar-refractivity contribution in [1.29, 1.82) is 0 Å². The molecular formula is C10H13BrO3S2. The third-order valence-electron chi connectivity index (χ3n) is 2.07. The van der Waals surface area contributed by atoms with Crippen molar-refractivity contribution in [3.8, 4) is 0 Å². The van der Waals surface area contributed by atoms with Crippen LogP contribution in [0.15, 0.2) is 26.4 Å². The van der Waals surface area contributed by atoms with Gasteiger partial charge in [-0.15, -0.1) is 11.8 Å². The van der Waals surface area contributed by atoms with Crippen LogP contribution in [-0.4, -0.2) is 32.6 Å². The summed E-state index contributed by atoms with van der Waals surface area (Å²) in [4.78, 5) is 1.03. The van der Waals surface area contributed by atoms with Gasteiger partial charge in [0.25, 0.3) is 0 Å². The zero-order valence-electron chi connectivity index (χ0n) is 9.03. The minimum absolute atomic E-state index is 0.00819. The van der Waals surface area contributed by atoms with E-state index in [0.29, 0.717) is 16.2 Å². The van der Waals surface area contributed by atoms with Gasteiger partial charge in [-0.1, -0.05) is 0 Å². The molecule has 0 fully saturated rings. The molecule has 0 aliphatic rings. The first-order valence-corrected chi connectivity index (χ1v) is 8.48. The topological polar surface area (TPSA) is 54.4 Å². The van der Waals surface area contributed by atoms with Gasteiger partial charge >= 0.3 is 0 Å². The van der Waals surface area contributed by atoms with Crippen LogP contribution < -0.4 is 0 Å².